The molecule has 0 saturated carbocycles. The summed E-state index contributed by atoms with van der Waals surface area (Å²) in [7, 11) is -2.28. The summed E-state index contributed by atoms with van der Waals surface area (Å²) in [5.74, 6) is -1.30. The lowest BCUT2D eigenvalue weighted by Crippen LogP contribution is -2.45. The third kappa shape index (κ3) is 5.30. The predicted octanol–water partition coefficient (Wildman–Crippen LogP) is -1.17. The van der Waals surface area contributed by atoms with Gasteiger partial charge in [0.2, 0.25) is 15.9 Å². The maximum Gasteiger partial charge on any atom is 0.328 e. The van der Waals surface area contributed by atoms with E-state index in [4.69, 9.17) is 4.74 Å². The molecule has 2 rings (SSSR count). The largest absolute Gasteiger partial charge is 0.467 e. The Balaban J connectivity index is 1.98. The van der Waals surface area contributed by atoms with Crippen molar-refractivity contribution in [3.8, 4) is 0 Å². The van der Waals surface area contributed by atoms with Crippen molar-refractivity contribution in [2.75, 3.05) is 26.5 Å². The van der Waals surface area contributed by atoms with Crippen molar-refractivity contribution in [1.29, 1.82) is 0 Å². The predicted molar refractivity (Wildman–Crippen MR) is 91.4 cm³/mol. The summed E-state index contributed by atoms with van der Waals surface area (Å²) in [5, 5.41) is 0. The van der Waals surface area contributed by atoms with Gasteiger partial charge in [-0.2, -0.15) is 0 Å². The number of ether oxygens (including phenoxy) is 1. The first-order chi connectivity index (χ1) is 12.2. The second kappa shape index (κ2) is 8.32. The Labute approximate surface area is 151 Å². The fourth-order valence-corrected chi connectivity index (χ4v) is 3.05. The Bertz CT molecular complexity index is 745. The molecule has 2 aliphatic rings. The minimum atomic E-state index is -3.56. The molecule has 0 spiro atoms. The van der Waals surface area contributed by atoms with Crippen LogP contribution < -0.4 is 10.3 Å². The van der Waals surface area contributed by atoms with E-state index in [-0.39, 0.29) is 12.5 Å². The number of likely N-dealkylation sites (tertiary alicyclic amines) is 1. The van der Waals surface area contributed by atoms with Gasteiger partial charge in [-0.05, 0) is 19.3 Å². The highest BCUT2D eigenvalue weighted by atomic mass is 32.2. The van der Waals surface area contributed by atoms with Gasteiger partial charge in [0.1, 0.15) is 12.6 Å². The van der Waals surface area contributed by atoms with Gasteiger partial charge in [-0.1, -0.05) is 6.08 Å². The molecule has 11 heteroatoms. The van der Waals surface area contributed by atoms with Gasteiger partial charge in [0.25, 0.3) is 5.91 Å². The Morgan fingerprint density at radius 3 is 2.73 bits per heavy atom. The zero-order valence-electron chi connectivity index (χ0n) is 14.6. The molecule has 0 radical (unpaired) electrons. The Morgan fingerprint density at radius 1 is 1.35 bits per heavy atom. The van der Waals surface area contributed by atoms with Crippen LogP contribution in [0.15, 0.2) is 24.0 Å². The molecule has 1 fully saturated rings. The third-order valence-corrected chi connectivity index (χ3v) is 4.44. The summed E-state index contributed by atoms with van der Waals surface area (Å²) < 4.78 is 26.8. The highest BCUT2D eigenvalue weighted by Gasteiger charge is 2.35. The number of nitrogens with one attached hydrogen (secondary N) is 2. The van der Waals surface area contributed by atoms with E-state index in [0.717, 1.165) is 12.7 Å². The Kier molecular flexibility index (Phi) is 6.37. The van der Waals surface area contributed by atoms with Gasteiger partial charge in [0.15, 0.2) is 0 Å². The molecule has 2 amide bonds. The summed E-state index contributed by atoms with van der Waals surface area (Å²) in [4.78, 5) is 41.1. The van der Waals surface area contributed by atoms with E-state index < -0.39 is 27.9 Å². The van der Waals surface area contributed by atoms with Gasteiger partial charge < -0.3 is 14.5 Å². The van der Waals surface area contributed by atoms with Gasteiger partial charge in [-0.15, -0.1) is 4.83 Å². The van der Waals surface area contributed by atoms with Crippen LogP contribution >= 0.6 is 0 Å². The van der Waals surface area contributed by atoms with Crippen LogP contribution in [0.2, 0.25) is 0 Å². The van der Waals surface area contributed by atoms with Crippen LogP contribution in [0, 0.1) is 0 Å². The first-order valence-corrected chi connectivity index (χ1v) is 9.88. The fraction of sp³-hybridized carbons (Fsp3) is 0.533. The van der Waals surface area contributed by atoms with Crippen LogP contribution in [0.25, 0.3) is 0 Å². The monoisotopic (exact) mass is 386 g/mol. The topological polar surface area (TPSA) is 125 Å². The van der Waals surface area contributed by atoms with E-state index in [1.54, 1.807) is 12.3 Å². The molecule has 1 unspecified atom stereocenters. The molecule has 10 nitrogen and oxygen atoms in total. The molecule has 0 aromatic rings. The highest BCUT2D eigenvalue weighted by molar-refractivity contribution is 7.88. The molecule has 0 aromatic carbocycles. The van der Waals surface area contributed by atoms with Crippen molar-refractivity contribution < 1.29 is 27.5 Å². The van der Waals surface area contributed by atoms with E-state index in [9.17, 15) is 22.8 Å². The summed E-state index contributed by atoms with van der Waals surface area (Å²) >= 11 is 0. The molecule has 144 valence electrons. The SMILES string of the molecule is COC(=O)C1CCCN1C(=O)CN1C=CCC(C(=O)NNS(C)(=O)=O)=C1. The number of hydrogen-bond acceptors (Lipinski definition) is 7. The molecule has 0 aliphatic carbocycles. The van der Waals surface area contributed by atoms with Crippen LogP contribution in [0.3, 0.4) is 0 Å². The number of esters is 1. The number of nitrogens with zero attached hydrogens (tertiary/aromatic N) is 2. The fourth-order valence-electron chi connectivity index (χ4n) is 2.77. The third-order valence-electron chi connectivity index (χ3n) is 3.96. The lowest BCUT2D eigenvalue weighted by Gasteiger charge is -2.26. The Morgan fingerprint density at radius 2 is 2.08 bits per heavy atom. The van der Waals surface area contributed by atoms with Gasteiger partial charge in [-0.3, -0.25) is 15.0 Å². The minimum absolute atomic E-state index is 0.0414. The molecular weight excluding hydrogens is 364 g/mol. The van der Waals surface area contributed by atoms with E-state index in [2.05, 4.69) is 5.43 Å². The highest BCUT2D eigenvalue weighted by Crippen LogP contribution is 2.20. The first kappa shape index (κ1) is 19.9. The van der Waals surface area contributed by atoms with Crippen LogP contribution in [-0.2, 0) is 29.1 Å². The van der Waals surface area contributed by atoms with Crippen LogP contribution in [-0.4, -0.2) is 68.5 Å². The molecule has 2 heterocycles. The van der Waals surface area contributed by atoms with Crippen molar-refractivity contribution in [1.82, 2.24) is 20.1 Å². The zero-order valence-corrected chi connectivity index (χ0v) is 15.4. The Hall–Kier alpha value is -2.40. The first-order valence-electron chi connectivity index (χ1n) is 7.99. The number of allylic oxidation sites excluding steroid dienone is 1. The molecular formula is C15H22N4O6S. The molecule has 26 heavy (non-hydrogen) atoms. The number of carbonyl (C=O) groups excluding carboxylic acids is 3. The van der Waals surface area contributed by atoms with Crippen LogP contribution in [0.1, 0.15) is 19.3 Å². The molecule has 2 aliphatic heterocycles. The summed E-state index contributed by atoms with van der Waals surface area (Å²) in [6.45, 7) is 0.436. The second-order valence-electron chi connectivity index (χ2n) is 6.01. The molecule has 0 bridgehead atoms. The van der Waals surface area contributed by atoms with Crippen molar-refractivity contribution in [2.45, 2.75) is 25.3 Å². The number of methoxy groups -OCH3 is 1. The molecule has 1 atom stereocenters. The van der Waals surface area contributed by atoms with Crippen LogP contribution in [0.5, 0.6) is 0 Å². The maximum atomic E-state index is 12.5. The van der Waals surface area contributed by atoms with Gasteiger partial charge >= 0.3 is 5.97 Å². The maximum absolute atomic E-state index is 12.5. The molecule has 0 aromatic heterocycles. The number of hydrogen-bond donors (Lipinski definition) is 2. The summed E-state index contributed by atoms with van der Waals surface area (Å²) in [6, 6.07) is -0.577. The number of amides is 2. The number of rotatable bonds is 6. The van der Waals surface area contributed by atoms with Crippen LogP contribution in [0.4, 0.5) is 0 Å². The van der Waals surface area contributed by atoms with E-state index >= 15 is 0 Å². The van der Waals surface area contributed by atoms with Crippen molar-refractivity contribution >= 4 is 27.8 Å². The van der Waals surface area contributed by atoms with E-state index in [1.807, 2.05) is 4.83 Å². The molecule has 1 saturated heterocycles. The number of sulfonamides is 1. The lowest BCUT2D eigenvalue weighted by atomic mass is 10.1. The summed E-state index contributed by atoms with van der Waals surface area (Å²) in [5.41, 5.74) is 2.38. The lowest BCUT2D eigenvalue weighted by molar-refractivity contribution is -0.151. The van der Waals surface area contributed by atoms with Gasteiger partial charge in [0.05, 0.1) is 13.4 Å². The standard InChI is InChI=1S/C15H22N4O6S/c1-25-15(22)12-6-4-8-19(12)13(20)10-18-7-3-5-11(9-18)14(21)16-17-26(2,23)24/h3,7,9,12,17H,4-6,8,10H2,1-2H3,(H,16,21). The van der Waals surface area contributed by atoms with Gasteiger partial charge in [-0.25, -0.2) is 13.2 Å². The van der Waals surface area contributed by atoms with E-state index in [1.165, 1.54) is 23.1 Å². The van der Waals surface area contributed by atoms with Crippen molar-refractivity contribution in [2.24, 2.45) is 0 Å². The average molecular weight is 386 g/mol. The van der Waals surface area contributed by atoms with Crippen molar-refractivity contribution in [3.05, 3.63) is 24.0 Å². The second-order valence-corrected chi connectivity index (χ2v) is 7.76. The van der Waals surface area contributed by atoms with Crippen molar-refractivity contribution in [3.63, 3.8) is 0 Å². The van der Waals surface area contributed by atoms with E-state index in [0.29, 0.717) is 25.0 Å². The minimum Gasteiger partial charge on any atom is -0.467 e. The smallest absolute Gasteiger partial charge is 0.328 e. The molecule has 2 N–H and O–H groups in total. The number of carbonyl (C=O) groups is 3. The number of hydrazine groups is 1. The van der Waals surface area contributed by atoms with Gasteiger partial charge in [0, 0.05) is 24.5 Å². The average Bonchev–Trinajstić information content (AvgIpc) is 3.08. The quantitative estimate of drug-likeness (QED) is 0.435. The normalized spacial score (nSPS) is 19.9. The zero-order chi connectivity index (χ0) is 19.3. The summed E-state index contributed by atoms with van der Waals surface area (Å²) in [6.07, 6.45) is 7.32.